The Hall–Kier alpha value is 0.826. The third kappa shape index (κ3) is 1.52. The van der Waals surface area contributed by atoms with E-state index in [4.69, 9.17) is 0 Å². The SMILES string of the molecule is C1=[CH][Ge]=[Ge][CH2]C1. The van der Waals surface area contributed by atoms with Crippen molar-refractivity contribution in [2.24, 2.45) is 0 Å². The molecular formula is C4H6Ge2. The summed E-state index contributed by atoms with van der Waals surface area (Å²) in [5, 5.41) is 1.59. The maximum atomic E-state index is 2.45. The van der Waals surface area contributed by atoms with Crippen LogP contribution in [0.1, 0.15) is 6.42 Å². The van der Waals surface area contributed by atoms with Gasteiger partial charge in [-0.05, 0) is 0 Å². The molecule has 0 saturated carbocycles. The van der Waals surface area contributed by atoms with Crippen molar-refractivity contribution in [2.75, 3.05) is 0 Å². The molecule has 0 spiro atoms. The van der Waals surface area contributed by atoms with Crippen LogP contribution in [0.5, 0.6) is 0 Å². The summed E-state index contributed by atoms with van der Waals surface area (Å²) in [6.07, 6.45) is 3.76. The quantitative estimate of drug-likeness (QED) is 0.502. The van der Waals surface area contributed by atoms with Gasteiger partial charge >= 0.3 is 48.5 Å². The number of hydrogen-bond donors (Lipinski definition) is 0. The van der Waals surface area contributed by atoms with Gasteiger partial charge in [-0.2, -0.15) is 0 Å². The van der Waals surface area contributed by atoms with Crippen LogP contribution in [0.2, 0.25) is 5.25 Å². The molecule has 0 nitrogen and oxygen atoms in total. The van der Waals surface area contributed by atoms with Crippen molar-refractivity contribution in [1.82, 2.24) is 0 Å². The summed E-state index contributed by atoms with van der Waals surface area (Å²) in [5.74, 6) is 0. The van der Waals surface area contributed by atoms with E-state index in [1.54, 1.807) is 5.25 Å². The molecule has 0 bridgehead atoms. The van der Waals surface area contributed by atoms with E-state index in [1.165, 1.54) is 6.42 Å². The fraction of sp³-hybridized carbons (Fsp3) is 0.500. The van der Waals surface area contributed by atoms with Crippen LogP contribution in [0.15, 0.2) is 11.0 Å². The zero-order valence-corrected chi connectivity index (χ0v) is 7.77. The maximum absolute atomic E-state index is 2.45. The third-order valence-electron chi connectivity index (χ3n) is 0.739. The van der Waals surface area contributed by atoms with E-state index in [9.17, 15) is 0 Å². The van der Waals surface area contributed by atoms with Gasteiger partial charge in [0.15, 0.2) is 0 Å². The van der Waals surface area contributed by atoms with Crippen LogP contribution < -0.4 is 0 Å². The average molecular weight is 199 g/mol. The second-order valence-corrected chi connectivity index (χ2v) is 11.4. The Kier molecular flexibility index (Phi) is 2.41. The van der Waals surface area contributed by atoms with Gasteiger partial charge in [0.05, 0.1) is 0 Å². The zero-order chi connectivity index (χ0) is 4.24. The van der Waals surface area contributed by atoms with Crippen LogP contribution in [0.4, 0.5) is 0 Å². The third-order valence-corrected chi connectivity index (χ3v) is 9.91. The molecule has 1 aliphatic rings. The summed E-state index contributed by atoms with van der Waals surface area (Å²) < 4.78 is 0. The molecule has 0 saturated heterocycles. The summed E-state index contributed by atoms with van der Waals surface area (Å²) in [6.45, 7) is 0. The van der Waals surface area contributed by atoms with Crippen LogP contribution in [0, 0.1) is 0 Å². The van der Waals surface area contributed by atoms with E-state index >= 15 is 0 Å². The van der Waals surface area contributed by atoms with Crippen molar-refractivity contribution in [3.8, 4) is 0 Å². The van der Waals surface area contributed by atoms with Crippen LogP contribution >= 0.6 is 0 Å². The first-order chi connectivity index (χ1) is 3.00. The van der Waals surface area contributed by atoms with E-state index in [0.717, 1.165) is 0 Å². The predicted molar refractivity (Wildman–Crippen MR) is 30.1 cm³/mol. The molecular weight excluding hydrogens is 193 g/mol. The molecule has 30 valence electrons. The number of rotatable bonds is 0. The van der Waals surface area contributed by atoms with Crippen molar-refractivity contribution in [3.63, 3.8) is 0 Å². The molecule has 0 amide bonds. The molecule has 0 unspecified atom stereocenters. The first-order valence-electron chi connectivity index (χ1n) is 2.13. The molecule has 0 aromatic rings. The van der Waals surface area contributed by atoms with Gasteiger partial charge in [-0.3, -0.25) is 0 Å². The van der Waals surface area contributed by atoms with E-state index in [0.29, 0.717) is 25.8 Å². The van der Waals surface area contributed by atoms with Crippen LogP contribution in [-0.4, -0.2) is 25.8 Å². The van der Waals surface area contributed by atoms with E-state index in [2.05, 4.69) is 11.0 Å². The monoisotopic (exact) mass is 202 g/mol. The molecule has 2 radical (unpaired) electrons. The van der Waals surface area contributed by atoms with Crippen molar-refractivity contribution in [2.45, 2.75) is 11.7 Å². The predicted octanol–water partition coefficient (Wildman–Crippen LogP) is 0.645. The first-order valence-corrected chi connectivity index (χ1v) is 11.3. The van der Waals surface area contributed by atoms with Crippen LogP contribution in [0.25, 0.3) is 0 Å². The first kappa shape index (κ1) is 4.97. The molecule has 6 heavy (non-hydrogen) atoms. The summed E-state index contributed by atoms with van der Waals surface area (Å²) in [4.78, 5) is 2.45. The van der Waals surface area contributed by atoms with Crippen molar-refractivity contribution < 1.29 is 0 Å². The molecule has 0 aliphatic carbocycles. The molecule has 2 heteroatoms. The Bertz CT molecular complexity index is 71.5. The topological polar surface area (TPSA) is 0 Å². The Morgan fingerprint density at radius 2 is 2.50 bits per heavy atom. The minimum atomic E-state index is 0.552. The van der Waals surface area contributed by atoms with E-state index in [1.807, 2.05) is 0 Å². The summed E-state index contributed by atoms with van der Waals surface area (Å²) >= 11 is 1.20. The second-order valence-electron chi connectivity index (χ2n) is 1.26. The molecule has 1 aliphatic heterocycles. The fourth-order valence-corrected chi connectivity index (χ4v) is 7.95. The van der Waals surface area contributed by atoms with E-state index in [-0.39, 0.29) is 0 Å². The molecule has 1 rings (SSSR count). The fourth-order valence-electron chi connectivity index (χ4n) is 0.429. The Morgan fingerprint density at radius 3 is 2.67 bits per heavy atom. The minimum absolute atomic E-state index is 0.552. The van der Waals surface area contributed by atoms with Gasteiger partial charge in [-0.25, -0.2) is 0 Å². The van der Waals surface area contributed by atoms with Gasteiger partial charge in [0.1, 0.15) is 0 Å². The van der Waals surface area contributed by atoms with Gasteiger partial charge in [0.2, 0.25) is 0 Å². The molecule has 0 aromatic heterocycles. The molecule has 0 atom stereocenters. The Labute approximate surface area is 48.6 Å². The van der Waals surface area contributed by atoms with Gasteiger partial charge in [-0.15, -0.1) is 0 Å². The van der Waals surface area contributed by atoms with Crippen molar-refractivity contribution in [1.29, 1.82) is 0 Å². The average Bonchev–Trinajstić information content (AvgIpc) is 1.72. The van der Waals surface area contributed by atoms with E-state index < -0.39 is 0 Å². The summed E-state index contributed by atoms with van der Waals surface area (Å²) in [6, 6.07) is 0. The molecule has 0 fully saturated rings. The van der Waals surface area contributed by atoms with Crippen LogP contribution in [0.3, 0.4) is 0 Å². The number of allylic oxidation sites excluding steroid dienone is 1. The van der Waals surface area contributed by atoms with Crippen molar-refractivity contribution >= 4 is 25.8 Å². The van der Waals surface area contributed by atoms with Crippen LogP contribution in [-0.2, 0) is 0 Å². The zero-order valence-electron chi connectivity index (χ0n) is 3.57. The second kappa shape index (κ2) is 2.91. The normalized spacial score (nSPS) is 18.7. The standard InChI is InChI=1S/C4H6Ge2/c1-2-4-6-5-3-1/h1,3H,2,4H2. The summed E-state index contributed by atoms with van der Waals surface area (Å²) in [7, 11) is 0. The van der Waals surface area contributed by atoms with Gasteiger partial charge in [-0.1, -0.05) is 0 Å². The number of hydrogen-bond acceptors (Lipinski definition) is 0. The van der Waals surface area contributed by atoms with Crippen molar-refractivity contribution in [3.05, 3.63) is 11.0 Å². The molecule has 0 aromatic carbocycles. The Morgan fingerprint density at radius 1 is 1.50 bits per heavy atom. The Balaban J connectivity index is 2.46. The van der Waals surface area contributed by atoms with Gasteiger partial charge in [0, 0.05) is 0 Å². The molecule has 1 heterocycles. The molecule has 0 N–H and O–H groups in total. The summed E-state index contributed by atoms with van der Waals surface area (Å²) in [5.41, 5.74) is 0. The van der Waals surface area contributed by atoms with Gasteiger partial charge < -0.3 is 0 Å². The van der Waals surface area contributed by atoms with Gasteiger partial charge in [0.25, 0.3) is 0 Å².